The Balaban J connectivity index is 2.50. The highest BCUT2D eigenvalue weighted by molar-refractivity contribution is 5.89. The zero-order valence-corrected chi connectivity index (χ0v) is 8.53. The molecule has 76 valence electrons. The number of nitrogens with zero attached hydrogens (tertiary/aromatic N) is 2. The fourth-order valence-electron chi connectivity index (χ4n) is 0.868. The molecule has 14 heavy (non-hydrogen) atoms. The van der Waals surface area contributed by atoms with E-state index in [4.69, 9.17) is 0 Å². The van der Waals surface area contributed by atoms with Crippen LogP contribution >= 0.6 is 0 Å². The van der Waals surface area contributed by atoms with Gasteiger partial charge in [-0.2, -0.15) is 10.2 Å². The Hall–Kier alpha value is -1.65. The van der Waals surface area contributed by atoms with Crippen LogP contribution in [0.25, 0.3) is 0 Å². The average molecular weight is 194 g/mol. The van der Waals surface area contributed by atoms with Crippen molar-refractivity contribution in [2.75, 3.05) is 5.32 Å². The summed E-state index contributed by atoms with van der Waals surface area (Å²) in [5.41, 5.74) is 0.381. The van der Waals surface area contributed by atoms with Gasteiger partial charge in [0.2, 0.25) is 0 Å². The standard InChI is InChI=1S/C9H14N4O/c1-9(2,3)13-8(14)12-7-4-5-10-11-6-7/h4-6H,1-3H3,(H2,10,12,13,14). The summed E-state index contributed by atoms with van der Waals surface area (Å²) in [4.78, 5) is 11.4. The molecule has 1 aromatic rings. The van der Waals surface area contributed by atoms with Crippen molar-refractivity contribution in [2.24, 2.45) is 0 Å². The number of carbonyl (C=O) groups excluding carboxylic acids is 1. The first-order valence-corrected chi connectivity index (χ1v) is 4.33. The van der Waals surface area contributed by atoms with Gasteiger partial charge in [0.25, 0.3) is 0 Å². The monoisotopic (exact) mass is 194 g/mol. The molecule has 0 bridgehead atoms. The first kappa shape index (κ1) is 10.4. The van der Waals surface area contributed by atoms with Crippen molar-refractivity contribution in [3.63, 3.8) is 0 Å². The second-order valence-electron chi connectivity index (χ2n) is 3.96. The lowest BCUT2D eigenvalue weighted by Gasteiger charge is -2.20. The second-order valence-corrected chi connectivity index (χ2v) is 3.96. The molecular weight excluding hydrogens is 180 g/mol. The molecule has 0 saturated heterocycles. The molecule has 0 aliphatic heterocycles. The number of amides is 2. The van der Waals surface area contributed by atoms with Crippen LogP contribution in [0.3, 0.4) is 0 Å². The maximum Gasteiger partial charge on any atom is 0.319 e. The molecule has 0 aliphatic carbocycles. The number of aromatic nitrogens is 2. The highest BCUT2D eigenvalue weighted by atomic mass is 16.2. The van der Waals surface area contributed by atoms with Gasteiger partial charge in [-0.25, -0.2) is 4.79 Å². The number of hydrogen-bond donors (Lipinski definition) is 2. The van der Waals surface area contributed by atoms with Crippen LogP contribution in [0.2, 0.25) is 0 Å². The quantitative estimate of drug-likeness (QED) is 0.710. The van der Waals surface area contributed by atoms with Crippen LogP contribution in [0.1, 0.15) is 20.8 Å². The molecule has 1 aromatic heterocycles. The summed E-state index contributed by atoms with van der Waals surface area (Å²) in [5, 5.41) is 12.7. The van der Waals surface area contributed by atoms with Crippen LogP contribution < -0.4 is 10.6 Å². The van der Waals surface area contributed by atoms with Crippen LogP contribution in [-0.4, -0.2) is 21.8 Å². The van der Waals surface area contributed by atoms with E-state index in [9.17, 15) is 4.79 Å². The van der Waals surface area contributed by atoms with Crippen LogP contribution in [0.15, 0.2) is 18.5 Å². The molecule has 0 atom stereocenters. The average Bonchev–Trinajstić information content (AvgIpc) is 2.02. The summed E-state index contributed by atoms with van der Waals surface area (Å²) in [7, 11) is 0. The normalized spacial score (nSPS) is 10.8. The zero-order chi connectivity index (χ0) is 10.6. The highest BCUT2D eigenvalue weighted by Gasteiger charge is 2.13. The van der Waals surface area contributed by atoms with Gasteiger partial charge in [-0.3, -0.25) is 0 Å². The first-order chi connectivity index (χ1) is 6.47. The van der Waals surface area contributed by atoms with Gasteiger partial charge in [0.1, 0.15) is 0 Å². The Morgan fingerprint density at radius 1 is 1.36 bits per heavy atom. The van der Waals surface area contributed by atoms with E-state index in [0.29, 0.717) is 5.69 Å². The molecule has 0 spiro atoms. The summed E-state index contributed by atoms with van der Waals surface area (Å²) < 4.78 is 0. The molecular formula is C9H14N4O. The van der Waals surface area contributed by atoms with E-state index < -0.39 is 0 Å². The molecule has 0 fully saturated rings. The lowest BCUT2D eigenvalue weighted by Crippen LogP contribution is -2.43. The Labute approximate surface area is 82.9 Å². The predicted octanol–water partition coefficient (Wildman–Crippen LogP) is 1.40. The van der Waals surface area contributed by atoms with Crippen LogP contribution in [-0.2, 0) is 0 Å². The van der Waals surface area contributed by atoms with Crippen molar-refractivity contribution in [2.45, 2.75) is 26.3 Å². The van der Waals surface area contributed by atoms with Gasteiger partial charge in [0, 0.05) is 5.54 Å². The first-order valence-electron chi connectivity index (χ1n) is 4.33. The summed E-state index contributed by atoms with van der Waals surface area (Å²) in [6.45, 7) is 5.74. The van der Waals surface area contributed by atoms with Gasteiger partial charge < -0.3 is 10.6 Å². The minimum Gasteiger partial charge on any atom is -0.333 e. The van der Waals surface area contributed by atoms with E-state index in [1.165, 1.54) is 12.4 Å². The number of urea groups is 1. The Morgan fingerprint density at radius 2 is 2.07 bits per heavy atom. The molecule has 5 heteroatoms. The van der Waals surface area contributed by atoms with E-state index in [2.05, 4.69) is 20.8 Å². The molecule has 2 N–H and O–H groups in total. The van der Waals surface area contributed by atoms with E-state index in [1.807, 2.05) is 20.8 Å². The maximum absolute atomic E-state index is 11.4. The zero-order valence-electron chi connectivity index (χ0n) is 8.53. The third kappa shape index (κ3) is 3.84. The fraction of sp³-hybridized carbons (Fsp3) is 0.444. The summed E-state index contributed by atoms with van der Waals surface area (Å²) >= 11 is 0. The molecule has 5 nitrogen and oxygen atoms in total. The molecule has 0 unspecified atom stereocenters. The summed E-state index contributed by atoms with van der Waals surface area (Å²) in [6, 6.07) is 1.43. The second kappa shape index (κ2) is 4.04. The minimum atomic E-state index is -0.245. The summed E-state index contributed by atoms with van der Waals surface area (Å²) in [6.07, 6.45) is 3.01. The van der Waals surface area contributed by atoms with Gasteiger partial charge >= 0.3 is 6.03 Å². The van der Waals surface area contributed by atoms with Crippen LogP contribution in [0, 0.1) is 0 Å². The maximum atomic E-state index is 11.4. The fourth-order valence-corrected chi connectivity index (χ4v) is 0.868. The smallest absolute Gasteiger partial charge is 0.319 e. The van der Waals surface area contributed by atoms with Gasteiger partial charge in [-0.15, -0.1) is 0 Å². The molecule has 0 aliphatic rings. The molecule has 1 heterocycles. The van der Waals surface area contributed by atoms with Crippen molar-refractivity contribution in [3.05, 3.63) is 18.5 Å². The molecule has 0 radical (unpaired) electrons. The number of hydrogen-bond acceptors (Lipinski definition) is 3. The SMILES string of the molecule is CC(C)(C)NC(=O)Nc1ccnnc1. The van der Waals surface area contributed by atoms with Gasteiger partial charge in [0.05, 0.1) is 18.1 Å². The minimum absolute atomic E-state index is 0.245. The molecule has 2 amide bonds. The Kier molecular flexibility index (Phi) is 3.01. The Morgan fingerprint density at radius 3 is 2.57 bits per heavy atom. The highest BCUT2D eigenvalue weighted by Crippen LogP contribution is 2.03. The predicted molar refractivity (Wildman–Crippen MR) is 53.9 cm³/mol. The number of anilines is 1. The van der Waals surface area contributed by atoms with E-state index in [1.54, 1.807) is 6.07 Å². The molecule has 1 rings (SSSR count). The number of nitrogens with one attached hydrogen (secondary N) is 2. The van der Waals surface area contributed by atoms with Crippen molar-refractivity contribution in [1.29, 1.82) is 0 Å². The third-order valence-corrected chi connectivity index (χ3v) is 1.33. The van der Waals surface area contributed by atoms with Gasteiger partial charge in [-0.1, -0.05) is 0 Å². The van der Waals surface area contributed by atoms with E-state index in [-0.39, 0.29) is 11.6 Å². The lowest BCUT2D eigenvalue weighted by molar-refractivity contribution is 0.244. The van der Waals surface area contributed by atoms with Gasteiger partial charge in [0.15, 0.2) is 0 Å². The topological polar surface area (TPSA) is 66.9 Å². The largest absolute Gasteiger partial charge is 0.333 e. The lowest BCUT2D eigenvalue weighted by atomic mass is 10.1. The van der Waals surface area contributed by atoms with E-state index in [0.717, 1.165) is 0 Å². The summed E-state index contributed by atoms with van der Waals surface area (Å²) in [5.74, 6) is 0. The third-order valence-electron chi connectivity index (χ3n) is 1.33. The number of rotatable bonds is 1. The van der Waals surface area contributed by atoms with Crippen molar-refractivity contribution in [3.8, 4) is 0 Å². The number of carbonyl (C=O) groups is 1. The molecule has 0 saturated carbocycles. The van der Waals surface area contributed by atoms with Crippen LogP contribution in [0.4, 0.5) is 10.5 Å². The van der Waals surface area contributed by atoms with Crippen LogP contribution in [0.5, 0.6) is 0 Å². The molecule has 0 aromatic carbocycles. The van der Waals surface area contributed by atoms with Crippen molar-refractivity contribution in [1.82, 2.24) is 15.5 Å². The van der Waals surface area contributed by atoms with E-state index >= 15 is 0 Å². The van der Waals surface area contributed by atoms with Crippen molar-refractivity contribution >= 4 is 11.7 Å². The van der Waals surface area contributed by atoms with Crippen molar-refractivity contribution < 1.29 is 4.79 Å². The van der Waals surface area contributed by atoms with Gasteiger partial charge in [-0.05, 0) is 26.8 Å². The Bertz CT molecular complexity index is 304.